The van der Waals surface area contributed by atoms with Crippen molar-refractivity contribution in [2.75, 3.05) is 4.90 Å². The molecule has 344 valence electrons. The lowest BCUT2D eigenvalue weighted by atomic mass is 9.61. The molecule has 10 aromatic carbocycles. The fourth-order valence-corrected chi connectivity index (χ4v) is 14.2. The Bertz CT molecular complexity index is 4090. The van der Waals surface area contributed by atoms with Gasteiger partial charge in [0.15, 0.2) is 0 Å². The summed E-state index contributed by atoms with van der Waals surface area (Å²) in [6.45, 7) is 5.05. The molecule has 2 unspecified atom stereocenters. The number of benzene rings is 10. The molecule has 15 rings (SSSR count). The van der Waals surface area contributed by atoms with E-state index in [0.717, 1.165) is 34.2 Å². The van der Waals surface area contributed by atoms with Crippen molar-refractivity contribution in [2.24, 2.45) is 0 Å². The second kappa shape index (κ2) is 15.3. The molecule has 3 nitrogen and oxygen atoms in total. The van der Waals surface area contributed by atoms with Gasteiger partial charge in [0.05, 0.1) is 22.0 Å². The molecule has 0 spiro atoms. The summed E-state index contributed by atoms with van der Waals surface area (Å²) in [4.78, 5) is 2.70. The molecule has 3 heteroatoms. The molecule has 3 heterocycles. The predicted molar refractivity (Wildman–Crippen MR) is 299 cm³/mol. The van der Waals surface area contributed by atoms with Gasteiger partial charge < -0.3 is 13.9 Å². The number of rotatable bonds is 6. The molecule has 12 aromatic rings. The first-order valence-electron chi connectivity index (χ1n) is 25.8. The Balaban J connectivity index is 1.01. The summed E-state index contributed by atoms with van der Waals surface area (Å²) in [7, 11) is 0. The van der Waals surface area contributed by atoms with Crippen molar-refractivity contribution in [1.82, 2.24) is 4.57 Å². The van der Waals surface area contributed by atoms with E-state index in [4.69, 9.17) is 4.42 Å². The van der Waals surface area contributed by atoms with Crippen LogP contribution in [0.1, 0.15) is 67.3 Å². The Morgan fingerprint density at radius 3 is 1.78 bits per heavy atom. The van der Waals surface area contributed by atoms with Crippen LogP contribution >= 0.6 is 0 Å². The third kappa shape index (κ3) is 5.51. The van der Waals surface area contributed by atoms with Gasteiger partial charge >= 0.3 is 0 Å². The second-order valence-corrected chi connectivity index (χ2v) is 21.0. The van der Waals surface area contributed by atoms with Crippen molar-refractivity contribution < 1.29 is 4.42 Å². The van der Waals surface area contributed by atoms with Gasteiger partial charge in [-0.25, -0.2) is 0 Å². The van der Waals surface area contributed by atoms with Gasteiger partial charge in [0.1, 0.15) is 11.2 Å². The molecule has 0 bridgehead atoms. The molecule has 0 saturated heterocycles. The van der Waals surface area contributed by atoms with Gasteiger partial charge in [-0.2, -0.15) is 0 Å². The highest BCUT2D eigenvalue weighted by atomic mass is 16.3. The molecular formula is C69H52N2O. The number of para-hydroxylation sites is 4. The summed E-state index contributed by atoms with van der Waals surface area (Å²) in [5, 5.41) is 4.79. The fraction of sp³-hybridized carbons (Fsp3) is 0.130. The van der Waals surface area contributed by atoms with Crippen molar-refractivity contribution in [2.45, 2.75) is 55.9 Å². The standard InChI is InChI=1S/C69H52N2O/c1-67-39-19-20-40-68(67,2)71(51-27-13-6-14-28-51)62-43-47(34-37-57(62)67)55-44-59-64(65-54-30-16-18-32-63(54)72-66(55)65)53-36-33-46(42-58(53)69(59,48-21-7-3-8-22-48)49-23-9-4-10-24-49)45-35-38-61-56(41-45)52-29-15-17-31-60(52)70(61)50-25-11-5-12-26-50/h3-18,21-38,41-44H,19-20,39-40H2,1-2H3. The Morgan fingerprint density at radius 1 is 0.431 bits per heavy atom. The molecule has 2 atom stereocenters. The van der Waals surface area contributed by atoms with E-state index in [1.165, 1.54) is 113 Å². The quantitative estimate of drug-likeness (QED) is 0.166. The van der Waals surface area contributed by atoms with Crippen LogP contribution in [0.2, 0.25) is 0 Å². The van der Waals surface area contributed by atoms with Gasteiger partial charge in [0.25, 0.3) is 0 Å². The molecule has 1 saturated carbocycles. The lowest BCUT2D eigenvalue weighted by Gasteiger charge is -2.50. The van der Waals surface area contributed by atoms with Crippen molar-refractivity contribution in [1.29, 1.82) is 0 Å². The minimum absolute atomic E-state index is 0.0141. The minimum atomic E-state index is -0.666. The van der Waals surface area contributed by atoms with Crippen molar-refractivity contribution in [3.63, 3.8) is 0 Å². The molecule has 72 heavy (non-hydrogen) atoms. The van der Waals surface area contributed by atoms with Crippen LogP contribution in [0.5, 0.6) is 0 Å². The van der Waals surface area contributed by atoms with Gasteiger partial charge in [0, 0.05) is 49.6 Å². The maximum atomic E-state index is 7.21. The first kappa shape index (κ1) is 41.4. The summed E-state index contributed by atoms with van der Waals surface area (Å²) < 4.78 is 9.61. The maximum Gasteiger partial charge on any atom is 0.143 e. The van der Waals surface area contributed by atoms with E-state index in [0.29, 0.717) is 0 Å². The number of hydrogen-bond acceptors (Lipinski definition) is 2. The third-order valence-corrected chi connectivity index (χ3v) is 17.6. The van der Waals surface area contributed by atoms with E-state index >= 15 is 0 Å². The zero-order valence-electron chi connectivity index (χ0n) is 40.6. The van der Waals surface area contributed by atoms with E-state index in [2.05, 4.69) is 254 Å². The maximum absolute atomic E-state index is 7.21. The number of aromatic nitrogens is 1. The fourth-order valence-electron chi connectivity index (χ4n) is 14.2. The minimum Gasteiger partial charge on any atom is -0.455 e. The average molecular weight is 925 g/mol. The summed E-state index contributed by atoms with van der Waals surface area (Å²) in [5.41, 5.74) is 20.9. The van der Waals surface area contributed by atoms with E-state index in [1.54, 1.807) is 0 Å². The number of anilines is 2. The summed E-state index contributed by atoms with van der Waals surface area (Å²) in [6.07, 6.45) is 4.80. The summed E-state index contributed by atoms with van der Waals surface area (Å²) in [6, 6.07) is 86.1. The molecule has 3 aliphatic rings. The smallest absolute Gasteiger partial charge is 0.143 e. The average Bonchev–Trinajstić information content (AvgIpc) is 4.13. The van der Waals surface area contributed by atoms with E-state index in [1.807, 2.05) is 0 Å². The molecule has 1 aliphatic heterocycles. The lowest BCUT2D eigenvalue weighted by Crippen LogP contribution is -2.54. The van der Waals surface area contributed by atoms with E-state index in [-0.39, 0.29) is 11.0 Å². The van der Waals surface area contributed by atoms with Gasteiger partial charge in [-0.3, -0.25) is 0 Å². The Labute approximate surface area is 420 Å². The van der Waals surface area contributed by atoms with Gasteiger partial charge in [-0.1, -0.05) is 184 Å². The summed E-state index contributed by atoms with van der Waals surface area (Å²) >= 11 is 0. The molecule has 2 aromatic heterocycles. The molecule has 0 amide bonds. The number of hydrogen-bond donors (Lipinski definition) is 0. The van der Waals surface area contributed by atoms with Crippen LogP contribution in [-0.4, -0.2) is 10.1 Å². The Kier molecular flexibility index (Phi) is 8.80. The zero-order valence-corrected chi connectivity index (χ0v) is 40.6. The van der Waals surface area contributed by atoms with Crippen LogP contribution in [0.4, 0.5) is 11.4 Å². The van der Waals surface area contributed by atoms with Crippen molar-refractivity contribution in [3.8, 4) is 39.1 Å². The van der Waals surface area contributed by atoms with Gasteiger partial charge in [-0.05, 0) is 142 Å². The first-order chi connectivity index (χ1) is 35.5. The molecule has 0 N–H and O–H groups in total. The van der Waals surface area contributed by atoms with Crippen LogP contribution in [0.3, 0.4) is 0 Å². The lowest BCUT2D eigenvalue weighted by molar-refractivity contribution is 0.195. The Hall–Kier alpha value is -8.40. The normalized spacial score (nSPS) is 18.7. The van der Waals surface area contributed by atoms with Gasteiger partial charge in [-0.15, -0.1) is 0 Å². The van der Waals surface area contributed by atoms with Crippen LogP contribution in [0.15, 0.2) is 235 Å². The SMILES string of the molecule is CC12CCCCC1(C)N(c1ccccc1)c1cc(-c3cc4c(c5c3oc3ccccc35)-c3ccc(-c5ccc6c(c5)c5ccccc5n6-c5ccccc5)cc3C4(c3ccccc3)c3ccccc3)ccc12. The van der Waals surface area contributed by atoms with Crippen LogP contribution in [0, 0.1) is 0 Å². The summed E-state index contributed by atoms with van der Waals surface area (Å²) in [5.74, 6) is 0. The number of fused-ring (bicyclic) bond motifs is 13. The van der Waals surface area contributed by atoms with Crippen molar-refractivity contribution >= 4 is 55.1 Å². The predicted octanol–water partition coefficient (Wildman–Crippen LogP) is 18.1. The monoisotopic (exact) mass is 924 g/mol. The molecule has 0 radical (unpaired) electrons. The number of nitrogens with zero attached hydrogens (tertiary/aromatic N) is 2. The van der Waals surface area contributed by atoms with Crippen molar-refractivity contribution in [3.05, 3.63) is 258 Å². The van der Waals surface area contributed by atoms with Crippen LogP contribution in [-0.2, 0) is 10.8 Å². The van der Waals surface area contributed by atoms with E-state index in [9.17, 15) is 0 Å². The topological polar surface area (TPSA) is 21.3 Å². The van der Waals surface area contributed by atoms with Crippen LogP contribution in [0.25, 0.3) is 82.8 Å². The molecule has 2 aliphatic carbocycles. The van der Waals surface area contributed by atoms with E-state index < -0.39 is 5.41 Å². The first-order valence-corrected chi connectivity index (χ1v) is 25.8. The zero-order chi connectivity index (χ0) is 47.8. The largest absolute Gasteiger partial charge is 0.455 e. The number of furan rings is 1. The highest BCUT2D eigenvalue weighted by Crippen LogP contribution is 2.63. The molecule has 1 fully saturated rings. The molecular weight excluding hydrogens is 873 g/mol. The Morgan fingerprint density at radius 2 is 1.03 bits per heavy atom. The van der Waals surface area contributed by atoms with Gasteiger partial charge in [0.2, 0.25) is 0 Å². The highest BCUT2D eigenvalue weighted by molar-refractivity contribution is 6.19. The highest BCUT2D eigenvalue weighted by Gasteiger charge is 2.58. The third-order valence-electron chi connectivity index (χ3n) is 17.6. The second-order valence-electron chi connectivity index (χ2n) is 21.0. The van der Waals surface area contributed by atoms with Crippen LogP contribution < -0.4 is 4.90 Å².